The number of hydrogen-bond donors (Lipinski definition) is 1. The van der Waals surface area contributed by atoms with Gasteiger partial charge < -0.3 is 15.0 Å². The first-order valence-corrected chi connectivity index (χ1v) is 7.08. The van der Waals surface area contributed by atoms with Crippen molar-refractivity contribution in [1.82, 2.24) is 10.2 Å². The van der Waals surface area contributed by atoms with Crippen LogP contribution in [0.5, 0.6) is 0 Å². The van der Waals surface area contributed by atoms with Gasteiger partial charge in [0.15, 0.2) is 0 Å². The van der Waals surface area contributed by atoms with E-state index in [9.17, 15) is 4.79 Å². The smallest absolute Gasteiger partial charge is 0.407 e. The monoisotopic (exact) mass is 254 g/mol. The molecule has 1 N–H and O–H groups in total. The van der Waals surface area contributed by atoms with Gasteiger partial charge in [0.25, 0.3) is 0 Å². The van der Waals surface area contributed by atoms with Crippen LogP contribution in [0.25, 0.3) is 0 Å². The highest BCUT2D eigenvalue weighted by atomic mass is 16.6. The molecule has 1 saturated heterocycles. The average Bonchev–Trinajstić information content (AvgIpc) is 2.99. The summed E-state index contributed by atoms with van der Waals surface area (Å²) in [6, 6.07) is 0. The summed E-state index contributed by atoms with van der Waals surface area (Å²) in [6.45, 7) is 9.65. The summed E-state index contributed by atoms with van der Waals surface area (Å²) in [6.07, 6.45) is 5.27. The molecule has 18 heavy (non-hydrogen) atoms. The molecular formula is C14H26N2O2. The second-order valence-electron chi connectivity index (χ2n) is 6.77. The van der Waals surface area contributed by atoms with Crippen molar-refractivity contribution >= 4 is 6.09 Å². The molecule has 1 saturated carbocycles. The summed E-state index contributed by atoms with van der Waals surface area (Å²) in [4.78, 5) is 13.9. The van der Waals surface area contributed by atoms with Gasteiger partial charge in [0.05, 0.1) is 0 Å². The highest BCUT2D eigenvalue weighted by molar-refractivity contribution is 5.67. The zero-order valence-corrected chi connectivity index (χ0v) is 11.9. The molecule has 0 bridgehead atoms. The van der Waals surface area contributed by atoms with E-state index in [0.717, 1.165) is 12.0 Å². The standard InChI is InChI=1S/C14H26N2O2/c1-13(2,3)18-12(17)15-8-11-16-9-6-14(4-5-14)7-10-16/h4-11H2,1-3H3,(H,15,17). The summed E-state index contributed by atoms with van der Waals surface area (Å²) >= 11 is 0. The Morgan fingerprint density at radius 3 is 2.33 bits per heavy atom. The van der Waals surface area contributed by atoms with Crippen LogP contribution in [0, 0.1) is 5.41 Å². The molecule has 0 atom stereocenters. The number of likely N-dealkylation sites (tertiary alicyclic amines) is 1. The Balaban J connectivity index is 1.57. The van der Waals surface area contributed by atoms with Crippen LogP contribution in [0.4, 0.5) is 4.79 Å². The zero-order chi connectivity index (χ0) is 13.2. The van der Waals surface area contributed by atoms with Crippen molar-refractivity contribution < 1.29 is 9.53 Å². The normalized spacial score (nSPS) is 22.8. The molecular weight excluding hydrogens is 228 g/mol. The van der Waals surface area contributed by atoms with Crippen molar-refractivity contribution in [1.29, 1.82) is 0 Å². The molecule has 2 fully saturated rings. The Bertz CT molecular complexity index is 295. The van der Waals surface area contributed by atoms with Gasteiger partial charge in [-0.25, -0.2) is 4.79 Å². The highest BCUT2D eigenvalue weighted by Crippen LogP contribution is 2.53. The fourth-order valence-electron chi connectivity index (χ4n) is 2.56. The Hall–Kier alpha value is -0.770. The van der Waals surface area contributed by atoms with E-state index in [2.05, 4.69) is 10.2 Å². The molecule has 0 radical (unpaired) electrons. The Morgan fingerprint density at radius 1 is 1.22 bits per heavy atom. The zero-order valence-electron chi connectivity index (χ0n) is 11.9. The number of nitrogens with one attached hydrogen (secondary N) is 1. The van der Waals surface area contributed by atoms with E-state index in [1.807, 2.05) is 20.8 Å². The summed E-state index contributed by atoms with van der Waals surface area (Å²) in [7, 11) is 0. The van der Waals surface area contributed by atoms with Crippen molar-refractivity contribution in [2.45, 2.75) is 52.1 Å². The molecule has 0 unspecified atom stereocenters. The third kappa shape index (κ3) is 4.16. The number of nitrogens with zero attached hydrogens (tertiary/aromatic N) is 1. The first kappa shape index (κ1) is 13.7. The topological polar surface area (TPSA) is 41.6 Å². The first-order valence-electron chi connectivity index (χ1n) is 7.08. The van der Waals surface area contributed by atoms with Crippen molar-refractivity contribution in [3.05, 3.63) is 0 Å². The van der Waals surface area contributed by atoms with E-state index in [1.54, 1.807) is 0 Å². The molecule has 0 aromatic carbocycles. The van der Waals surface area contributed by atoms with E-state index < -0.39 is 5.60 Å². The lowest BCUT2D eigenvalue weighted by atomic mass is 9.94. The van der Waals surface area contributed by atoms with Crippen LogP contribution < -0.4 is 5.32 Å². The van der Waals surface area contributed by atoms with Crippen LogP contribution in [0.3, 0.4) is 0 Å². The van der Waals surface area contributed by atoms with Gasteiger partial charge in [-0.15, -0.1) is 0 Å². The van der Waals surface area contributed by atoms with Crippen LogP contribution in [-0.2, 0) is 4.74 Å². The molecule has 4 heteroatoms. The van der Waals surface area contributed by atoms with Gasteiger partial charge in [0, 0.05) is 13.1 Å². The van der Waals surface area contributed by atoms with Crippen molar-refractivity contribution in [2.75, 3.05) is 26.2 Å². The number of carbonyl (C=O) groups excluding carboxylic acids is 1. The predicted molar refractivity (Wildman–Crippen MR) is 71.6 cm³/mol. The summed E-state index contributed by atoms with van der Waals surface area (Å²) in [5.74, 6) is 0. The van der Waals surface area contributed by atoms with Gasteiger partial charge in [0.2, 0.25) is 0 Å². The van der Waals surface area contributed by atoms with Crippen LogP contribution in [-0.4, -0.2) is 42.8 Å². The lowest BCUT2D eigenvalue weighted by Crippen LogP contribution is -2.41. The summed E-state index contributed by atoms with van der Waals surface area (Å²) < 4.78 is 5.20. The second-order valence-corrected chi connectivity index (χ2v) is 6.77. The third-order valence-electron chi connectivity index (χ3n) is 3.97. The predicted octanol–water partition coefficient (Wildman–Crippen LogP) is 2.39. The van der Waals surface area contributed by atoms with E-state index in [1.165, 1.54) is 38.8 Å². The quantitative estimate of drug-likeness (QED) is 0.841. The van der Waals surface area contributed by atoms with Crippen molar-refractivity contribution in [2.24, 2.45) is 5.41 Å². The fraction of sp³-hybridized carbons (Fsp3) is 0.929. The molecule has 4 nitrogen and oxygen atoms in total. The van der Waals surface area contributed by atoms with Crippen molar-refractivity contribution in [3.8, 4) is 0 Å². The van der Waals surface area contributed by atoms with Gasteiger partial charge in [-0.05, 0) is 65.0 Å². The molecule has 2 aliphatic rings. The second kappa shape index (κ2) is 5.08. The lowest BCUT2D eigenvalue weighted by molar-refractivity contribution is 0.0518. The van der Waals surface area contributed by atoms with Gasteiger partial charge in [0.1, 0.15) is 5.60 Å². The van der Waals surface area contributed by atoms with Gasteiger partial charge in [-0.2, -0.15) is 0 Å². The SMILES string of the molecule is CC(C)(C)OC(=O)NCCN1CCC2(CC1)CC2. The number of ether oxygens (including phenoxy) is 1. The molecule has 1 aliphatic heterocycles. The minimum atomic E-state index is -0.409. The minimum absolute atomic E-state index is 0.307. The maximum absolute atomic E-state index is 11.5. The fourth-order valence-corrected chi connectivity index (χ4v) is 2.56. The van der Waals surface area contributed by atoms with Crippen LogP contribution >= 0.6 is 0 Å². The number of piperidine rings is 1. The van der Waals surface area contributed by atoms with E-state index in [4.69, 9.17) is 4.74 Å². The largest absolute Gasteiger partial charge is 0.444 e. The lowest BCUT2D eigenvalue weighted by Gasteiger charge is -2.32. The van der Waals surface area contributed by atoms with Crippen LogP contribution in [0.2, 0.25) is 0 Å². The molecule has 1 spiro atoms. The molecule has 2 rings (SSSR count). The number of alkyl carbamates (subject to hydrolysis) is 1. The highest BCUT2D eigenvalue weighted by Gasteiger charge is 2.44. The molecule has 1 amide bonds. The Kier molecular flexibility index (Phi) is 3.85. The van der Waals surface area contributed by atoms with Crippen LogP contribution in [0.15, 0.2) is 0 Å². The molecule has 104 valence electrons. The summed E-state index contributed by atoms with van der Waals surface area (Å²) in [5.41, 5.74) is 0.322. The van der Waals surface area contributed by atoms with E-state index in [0.29, 0.717) is 6.54 Å². The Morgan fingerprint density at radius 2 is 1.83 bits per heavy atom. The molecule has 1 heterocycles. The number of rotatable bonds is 3. The van der Waals surface area contributed by atoms with Crippen LogP contribution in [0.1, 0.15) is 46.5 Å². The molecule has 0 aromatic heterocycles. The number of amides is 1. The summed E-state index contributed by atoms with van der Waals surface area (Å²) in [5, 5.41) is 2.82. The molecule has 0 aromatic rings. The van der Waals surface area contributed by atoms with Gasteiger partial charge in [-0.3, -0.25) is 0 Å². The van der Waals surface area contributed by atoms with E-state index in [-0.39, 0.29) is 6.09 Å². The van der Waals surface area contributed by atoms with Gasteiger partial charge in [-0.1, -0.05) is 0 Å². The minimum Gasteiger partial charge on any atom is -0.444 e. The van der Waals surface area contributed by atoms with Crippen molar-refractivity contribution in [3.63, 3.8) is 0 Å². The maximum atomic E-state index is 11.5. The number of hydrogen-bond acceptors (Lipinski definition) is 3. The number of carbonyl (C=O) groups is 1. The van der Waals surface area contributed by atoms with Gasteiger partial charge >= 0.3 is 6.09 Å². The average molecular weight is 254 g/mol. The molecule has 1 aliphatic carbocycles. The first-order chi connectivity index (χ1) is 8.39. The Labute approximate surface area is 110 Å². The third-order valence-corrected chi connectivity index (χ3v) is 3.97. The van der Waals surface area contributed by atoms with E-state index >= 15 is 0 Å². The maximum Gasteiger partial charge on any atom is 0.407 e.